The number of nitrogens with zero attached hydrogens (tertiary/aromatic N) is 1. The number of rotatable bonds is 5. The van der Waals surface area contributed by atoms with Gasteiger partial charge in [0.05, 0.1) is 18.0 Å². The molecular formula is C22H27ClN2O3. The van der Waals surface area contributed by atoms with Crippen molar-refractivity contribution in [3.63, 3.8) is 0 Å². The van der Waals surface area contributed by atoms with E-state index in [1.54, 1.807) is 0 Å². The van der Waals surface area contributed by atoms with Crippen LogP contribution < -0.4 is 5.32 Å². The molecule has 2 fully saturated rings. The van der Waals surface area contributed by atoms with Gasteiger partial charge in [-0.2, -0.15) is 0 Å². The van der Waals surface area contributed by atoms with Crippen LogP contribution in [-0.2, 0) is 9.59 Å². The average Bonchev–Trinajstić information content (AvgIpc) is 3.19. The Balaban J connectivity index is 0.00000225. The van der Waals surface area contributed by atoms with E-state index in [1.165, 1.54) is 5.39 Å². The summed E-state index contributed by atoms with van der Waals surface area (Å²) in [5.41, 5.74) is 0.437. The Hall–Kier alpha value is -2.11. The van der Waals surface area contributed by atoms with Crippen molar-refractivity contribution in [2.75, 3.05) is 19.6 Å². The summed E-state index contributed by atoms with van der Waals surface area (Å²) < 4.78 is 0. The zero-order valence-corrected chi connectivity index (χ0v) is 16.9. The standard InChI is InChI=1S/C22H26N2O3.ClH/c1-15(17-9-8-16-5-2-3-6-18(16)11-17)23-20(25)13-24-12-19-7-4-10-22(19,14-24)21(26)27;/h2-3,5-6,8-9,11,15,19H,4,7,10,12-14H2,1H3,(H,23,25)(H,26,27);1H/t15?,19-,22+;/m0./s1. The first-order valence-electron chi connectivity index (χ1n) is 9.72. The van der Waals surface area contributed by atoms with Gasteiger partial charge in [0.2, 0.25) is 5.91 Å². The van der Waals surface area contributed by atoms with Crippen molar-refractivity contribution in [2.45, 2.75) is 32.2 Å². The van der Waals surface area contributed by atoms with E-state index in [-0.39, 0.29) is 36.8 Å². The van der Waals surface area contributed by atoms with Crippen LogP contribution in [0.2, 0.25) is 0 Å². The molecule has 4 rings (SSSR count). The molecule has 2 aliphatic rings. The maximum absolute atomic E-state index is 12.5. The van der Waals surface area contributed by atoms with Crippen molar-refractivity contribution in [1.82, 2.24) is 10.2 Å². The lowest BCUT2D eigenvalue weighted by atomic mass is 9.81. The van der Waals surface area contributed by atoms with Crippen LogP contribution >= 0.6 is 12.4 Å². The molecule has 0 radical (unpaired) electrons. The lowest BCUT2D eigenvalue weighted by molar-refractivity contribution is -0.149. The minimum atomic E-state index is -0.697. The third-order valence-corrected chi connectivity index (χ3v) is 6.39. The number of likely N-dealkylation sites (tertiary alicyclic amines) is 1. The second-order valence-electron chi connectivity index (χ2n) is 8.12. The Labute approximate surface area is 171 Å². The van der Waals surface area contributed by atoms with Gasteiger partial charge in [0, 0.05) is 13.1 Å². The molecule has 1 amide bonds. The zero-order chi connectivity index (χ0) is 19.0. The SMILES string of the molecule is CC(NC(=O)CN1C[C@@H]2CCC[C@@]2(C(=O)O)C1)c1ccc2ccccc2c1.Cl. The Morgan fingerprint density at radius 3 is 2.71 bits per heavy atom. The molecule has 3 atom stereocenters. The van der Waals surface area contributed by atoms with Gasteiger partial charge in [0.1, 0.15) is 0 Å². The van der Waals surface area contributed by atoms with E-state index >= 15 is 0 Å². The number of fused-ring (bicyclic) bond motifs is 2. The molecule has 1 heterocycles. The van der Waals surface area contributed by atoms with Gasteiger partial charge in [-0.1, -0.05) is 42.8 Å². The third kappa shape index (κ3) is 3.74. The van der Waals surface area contributed by atoms with Crippen molar-refractivity contribution >= 4 is 35.1 Å². The number of carbonyl (C=O) groups excluding carboxylic acids is 1. The van der Waals surface area contributed by atoms with Crippen molar-refractivity contribution < 1.29 is 14.7 Å². The highest BCUT2D eigenvalue weighted by Crippen LogP contribution is 2.48. The van der Waals surface area contributed by atoms with Gasteiger partial charge in [-0.25, -0.2) is 0 Å². The summed E-state index contributed by atoms with van der Waals surface area (Å²) in [6.07, 6.45) is 2.67. The molecule has 1 saturated heterocycles. The lowest BCUT2D eigenvalue weighted by Crippen LogP contribution is -2.40. The average molecular weight is 403 g/mol. The van der Waals surface area contributed by atoms with Crippen LogP contribution in [-0.4, -0.2) is 41.5 Å². The van der Waals surface area contributed by atoms with Gasteiger partial charge < -0.3 is 10.4 Å². The summed E-state index contributed by atoms with van der Waals surface area (Å²) >= 11 is 0. The molecule has 0 bridgehead atoms. The fourth-order valence-electron chi connectivity index (χ4n) is 4.91. The molecule has 150 valence electrons. The molecule has 5 nitrogen and oxygen atoms in total. The van der Waals surface area contributed by atoms with E-state index in [4.69, 9.17) is 0 Å². The smallest absolute Gasteiger partial charge is 0.311 e. The van der Waals surface area contributed by atoms with E-state index in [9.17, 15) is 14.7 Å². The second kappa shape index (κ2) is 8.10. The van der Waals surface area contributed by atoms with Crippen molar-refractivity contribution in [1.29, 1.82) is 0 Å². The third-order valence-electron chi connectivity index (χ3n) is 6.39. The van der Waals surface area contributed by atoms with E-state index in [1.807, 2.05) is 30.0 Å². The van der Waals surface area contributed by atoms with Crippen LogP contribution in [0.25, 0.3) is 10.8 Å². The second-order valence-corrected chi connectivity index (χ2v) is 8.12. The van der Waals surface area contributed by atoms with Gasteiger partial charge in [0.15, 0.2) is 0 Å². The highest BCUT2D eigenvalue weighted by molar-refractivity contribution is 5.85. The summed E-state index contributed by atoms with van der Waals surface area (Å²) in [5, 5.41) is 15.1. The highest BCUT2D eigenvalue weighted by atomic mass is 35.5. The number of aliphatic carboxylic acids is 1. The fourth-order valence-corrected chi connectivity index (χ4v) is 4.91. The predicted molar refractivity (Wildman–Crippen MR) is 112 cm³/mol. The van der Waals surface area contributed by atoms with Crippen LogP contribution in [0.4, 0.5) is 0 Å². The molecule has 2 aromatic carbocycles. The number of hydrogen-bond acceptors (Lipinski definition) is 3. The summed E-state index contributed by atoms with van der Waals surface area (Å²) in [5.74, 6) is -0.561. The van der Waals surface area contributed by atoms with Crippen molar-refractivity contribution in [3.8, 4) is 0 Å². The van der Waals surface area contributed by atoms with Gasteiger partial charge in [0.25, 0.3) is 0 Å². The quantitative estimate of drug-likeness (QED) is 0.801. The van der Waals surface area contributed by atoms with Crippen molar-refractivity contribution in [2.24, 2.45) is 11.3 Å². The predicted octanol–water partition coefficient (Wildman–Crippen LogP) is 3.63. The Kier molecular flexibility index (Phi) is 5.96. The van der Waals surface area contributed by atoms with Crippen LogP contribution in [0.5, 0.6) is 0 Å². The van der Waals surface area contributed by atoms with Gasteiger partial charge in [-0.3, -0.25) is 14.5 Å². The first-order valence-corrected chi connectivity index (χ1v) is 9.72. The molecule has 1 aliphatic carbocycles. The lowest BCUT2D eigenvalue weighted by Gasteiger charge is -2.23. The maximum atomic E-state index is 12.5. The van der Waals surface area contributed by atoms with Crippen molar-refractivity contribution in [3.05, 3.63) is 48.0 Å². The number of benzene rings is 2. The first kappa shape index (κ1) is 20.6. The van der Waals surface area contributed by atoms with Crippen LogP contribution in [0.3, 0.4) is 0 Å². The molecule has 1 saturated carbocycles. The number of carboxylic acids is 1. The molecule has 2 aromatic rings. The van der Waals surface area contributed by atoms with Gasteiger partial charge in [-0.15, -0.1) is 12.4 Å². The molecule has 0 aromatic heterocycles. The summed E-state index contributed by atoms with van der Waals surface area (Å²) in [6, 6.07) is 14.3. The molecule has 1 aliphatic heterocycles. The Morgan fingerprint density at radius 2 is 2.00 bits per heavy atom. The number of amides is 1. The van der Waals surface area contributed by atoms with Crippen LogP contribution in [0.15, 0.2) is 42.5 Å². The number of carboxylic acid groups (broad SMARTS) is 1. The summed E-state index contributed by atoms with van der Waals surface area (Å²) in [6.45, 7) is 3.46. The Bertz CT molecular complexity index is 887. The van der Waals surface area contributed by atoms with Crippen LogP contribution in [0, 0.1) is 11.3 Å². The maximum Gasteiger partial charge on any atom is 0.311 e. The highest BCUT2D eigenvalue weighted by Gasteiger charge is 2.54. The minimum Gasteiger partial charge on any atom is -0.481 e. The molecule has 2 N–H and O–H groups in total. The largest absolute Gasteiger partial charge is 0.481 e. The van der Waals surface area contributed by atoms with Gasteiger partial charge >= 0.3 is 5.97 Å². The van der Waals surface area contributed by atoms with E-state index in [0.29, 0.717) is 13.1 Å². The van der Waals surface area contributed by atoms with Gasteiger partial charge in [-0.05, 0) is 48.1 Å². The Morgan fingerprint density at radius 1 is 1.25 bits per heavy atom. The molecule has 0 spiro atoms. The molecule has 1 unspecified atom stereocenters. The van der Waals surface area contributed by atoms with Crippen LogP contribution in [0.1, 0.15) is 37.8 Å². The number of halogens is 1. The number of hydrogen-bond donors (Lipinski definition) is 2. The number of nitrogens with one attached hydrogen (secondary N) is 1. The first-order chi connectivity index (χ1) is 13.0. The minimum absolute atomic E-state index is 0. The monoisotopic (exact) mass is 402 g/mol. The molecule has 6 heteroatoms. The molecular weight excluding hydrogens is 376 g/mol. The summed E-state index contributed by atoms with van der Waals surface area (Å²) in [7, 11) is 0. The van der Waals surface area contributed by atoms with E-state index in [2.05, 4.69) is 29.6 Å². The van der Waals surface area contributed by atoms with E-state index in [0.717, 1.165) is 30.2 Å². The molecule has 28 heavy (non-hydrogen) atoms. The normalized spacial score (nSPS) is 25.1. The number of carbonyl (C=O) groups is 2. The summed E-state index contributed by atoms with van der Waals surface area (Å²) in [4.78, 5) is 26.3. The fraction of sp³-hybridized carbons (Fsp3) is 0.455. The topological polar surface area (TPSA) is 69.6 Å². The van der Waals surface area contributed by atoms with E-state index < -0.39 is 11.4 Å². The zero-order valence-electron chi connectivity index (χ0n) is 16.1.